The van der Waals surface area contributed by atoms with Gasteiger partial charge in [0.25, 0.3) is 5.91 Å². The van der Waals surface area contributed by atoms with Gasteiger partial charge in [0.2, 0.25) is 0 Å². The lowest BCUT2D eigenvalue weighted by molar-refractivity contribution is 0.102. The molecule has 0 heterocycles. The van der Waals surface area contributed by atoms with Gasteiger partial charge in [-0.2, -0.15) is 0 Å². The SMILES string of the molecule is C=C(C)COc1cccc(C(=O)Nc2cccc(OCCCCCC)c2)c1. The van der Waals surface area contributed by atoms with Gasteiger partial charge in [0.15, 0.2) is 0 Å². The summed E-state index contributed by atoms with van der Waals surface area (Å²) in [5.74, 6) is 1.23. The number of hydrogen-bond acceptors (Lipinski definition) is 3. The van der Waals surface area contributed by atoms with Gasteiger partial charge in [-0.1, -0.05) is 44.9 Å². The second kappa shape index (κ2) is 11.1. The molecular weight excluding hydrogens is 338 g/mol. The van der Waals surface area contributed by atoms with Gasteiger partial charge in [-0.15, -0.1) is 0 Å². The second-order valence-corrected chi connectivity index (χ2v) is 6.66. The van der Waals surface area contributed by atoms with E-state index >= 15 is 0 Å². The molecule has 0 aliphatic carbocycles. The number of carbonyl (C=O) groups is 1. The molecular formula is C23H29NO3. The Kier molecular flexibility index (Phi) is 8.43. The lowest BCUT2D eigenvalue weighted by atomic mass is 10.2. The number of amides is 1. The molecule has 0 aliphatic heterocycles. The normalized spacial score (nSPS) is 10.3. The van der Waals surface area contributed by atoms with E-state index in [-0.39, 0.29) is 5.91 Å². The van der Waals surface area contributed by atoms with Crippen LogP contribution in [-0.4, -0.2) is 19.1 Å². The van der Waals surface area contributed by atoms with E-state index in [1.165, 1.54) is 19.3 Å². The van der Waals surface area contributed by atoms with Gasteiger partial charge >= 0.3 is 0 Å². The van der Waals surface area contributed by atoms with Crippen LogP contribution in [0.5, 0.6) is 11.5 Å². The third-order valence-corrected chi connectivity index (χ3v) is 3.94. The molecule has 0 bridgehead atoms. The summed E-state index contributed by atoms with van der Waals surface area (Å²) >= 11 is 0. The number of carbonyl (C=O) groups excluding carboxylic acids is 1. The fourth-order valence-electron chi connectivity index (χ4n) is 2.52. The van der Waals surface area contributed by atoms with Crippen molar-refractivity contribution in [2.75, 3.05) is 18.5 Å². The number of hydrogen-bond donors (Lipinski definition) is 1. The zero-order valence-electron chi connectivity index (χ0n) is 16.3. The van der Waals surface area contributed by atoms with Crippen LogP contribution < -0.4 is 14.8 Å². The van der Waals surface area contributed by atoms with Gasteiger partial charge in [-0.3, -0.25) is 4.79 Å². The van der Waals surface area contributed by atoms with Gasteiger partial charge < -0.3 is 14.8 Å². The first-order chi connectivity index (χ1) is 13.1. The zero-order valence-corrected chi connectivity index (χ0v) is 16.3. The molecule has 144 valence electrons. The van der Waals surface area contributed by atoms with Crippen LogP contribution in [-0.2, 0) is 0 Å². The van der Waals surface area contributed by atoms with E-state index in [9.17, 15) is 4.79 Å². The molecule has 2 rings (SSSR count). The highest BCUT2D eigenvalue weighted by atomic mass is 16.5. The maximum absolute atomic E-state index is 12.5. The Morgan fingerprint density at radius 2 is 1.74 bits per heavy atom. The summed E-state index contributed by atoms with van der Waals surface area (Å²) in [4.78, 5) is 12.5. The molecule has 2 aromatic carbocycles. The molecule has 0 spiro atoms. The molecule has 0 fully saturated rings. The van der Waals surface area contributed by atoms with Crippen molar-refractivity contribution in [2.45, 2.75) is 39.5 Å². The Labute approximate surface area is 162 Å². The van der Waals surface area contributed by atoms with E-state index < -0.39 is 0 Å². The molecule has 0 unspecified atom stereocenters. The van der Waals surface area contributed by atoms with Gasteiger partial charge in [0.05, 0.1) is 6.61 Å². The maximum atomic E-state index is 12.5. The van der Waals surface area contributed by atoms with Crippen molar-refractivity contribution < 1.29 is 14.3 Å². The third-order valence-electron chi connectivity index (χ3n) is 3.94. The fourth-order valence-corrected chi connectivity index (χ4v) is 2.52. The van der Waals surface area contributed by atoms with Gasteiger partial charge in [0.1, 0.15) is 18.1 Å². The molecule has 4 nitrogen and oxygen atoms in total. The average Bonchev–Trinajstić information content (AvgIpc) is 2.67. The quantitative estimate of drug-likeness (QED) is 0.400. The molecule has 4 heteroatoms. The largest absolute Gasteiger partial charge is 0.494 e. The van der Waals surface area contributed by atoms with Crippen molar-refractivity contribution in [3.8, 4) is 11.5 Å². The van der Waals surface area contributed by atoms with Crippen molar-refractivity contribution in [1.29, 1.82) is 0 Å². The predicted octanol–water partition coefficient (Wildman–Crippen LogP) is 5.85. The maximum Gasteiger partial charge on any atom is 0.255 e. The highest BCUT2D eigenvalue weighted by Crippen LogP contribution is 2.20. The standard InChI is InChI=1S/C23H29NO3/c1-4-5-6-7-14-26-22-13-9-11-20(16-22)24-23(25)19-10-8-12-21(15-19)27-17-18(2)3/h8-13,15-16H,2,4-7,14,17H2,1,3H3,(H,24,25). The van der Waals surface area contributed by atoms with E-state index in [2.05, 4.69) is 18.8 Å². The molecule has 0 saturated carbocycles. The summed E-state index contributed by atoms with van der Waals surface area (Å²) in [6.45, 7) is 9.03. The molecule has 0 radical (unpaired) electrons. The second-order valence-electron chi connectivity index (χ2n) is 6.66. The number of ether oxygens (including phenoxy) is 2. The number of anilines is 1. The Morgan fingerprint density at radius 1 is 1.00 bits per heavy atom. The Balaban J connectivity index is 1.92. The van der Waals surface area contributed by atoms with Crippen LogP contribution in [0.1, 0.15) is 49.9 Å². The first kappa shape index (κ1) is 20.6. The van der Waals surface area contributed by atoms with Crippen molar-refractivity contribution in [3.63, 3.8) is 0 Å². The lowest BCUT2D eigenvalue weighted by Crippen LogP contribution is -2.12. The Hall–Kier alpha value is -2.75. The molecule has 0 saturated heterocycles. The van der Waals surface area contributed by atoms with Crippen molar-refractivity contribution in [2.24, 2.45) is 0 Å². The smallest absolute Gasteiger partial charge is 0.255 e. The topological polar surface area (TPSA) is 47.6 Å². The Morgan fingerprint density at radius 3 is 2.48 bits per heavy atom. The van der Waals surface area contributed by atoms with Crippen molar-refractivity contribution in [1.82, 2.24) is 0 Å². The highest BCUT2D eigenvalue weighted by Gasteiger charge is 2.08. The molecule has 0 aliphatic rings. The van der Waals surface area contributed by atoms with Crippen LogP contribution in [0.4, 0.5) is 5.69 Å². The molecule has 2 aromatic rings. The first-order valence-corrected chi connectivity index (χ1v) is 9.50. The van der Waals surface area contributed by atoms with Gasteiger partial charge in [-0.05, 0) is 49.2 Å². The van der Waals surface area contributed by atoms with Crippen molar-refractivity contribution in [3.05, 3.63) is 66.2 Å². The Bertz CT molecular complexity index is 755. The highest BCUT2D eigenvalue weighted by molar-refractivity contribution is 6.04. The average molecular weight is 367 g/mol. The minimum atomic E-state index is -0.184. The van der Waals surface area contributed by atoms with Crippen LogP contribution in [0.15, 0.2) is 60.7 Å². The summed E-state index contributed by atoms with van der Waals surface area (Å²) in [5.41, 5.74) is 2.18. The van der Waals surface area contributed by atoms with E-state index in [1.807, 2.05) is 37.3 Å². The predicted molar refractivity (Wildman–Crippen MR) is 111 cm³/mol. The van der Waals surface area contributed by atoms with Crippen LogP contribution >= 0.6 is 0 Å². The number of benzene rings is 2. The van der Waals surface area contributed by atoms with Crippen molar-refractivity contribution >= 4 is 11.6 Å². The number of unbranched alkanes of at least 4 members (excludes halogenated alkanes) is 3. The van der Waals surface area contributed by atoms with Gasteiger partial charge in [0, 0.05) is 17.3 Å². The zero-order chi connectivity index (χ0) is 19.5. The monoisotopic (exact) mass is 367 g/mol. The lowest BCUT2D eigenvalue weighted by Gasteiger charge is -2.10. The molecule has 27 heavy (non-hydrogen) atoms. The summed E-state index contributed by atoms with van der Waals surface area (Å²) in [6, 6.07) is 14.6. The minimum Gasteiger partial charge on any atom is -0.494 e. The van der Waals surface area contributed by atoms with E-state index in [0.29, 0.717) is 30.2 Å². The van der Waals surface area contributed by atoms with Crippen LogP contribution in [0.2, 0.25) is 0 Å². The first-order valence-electron chi connectivity index (χ1n) is 9.50. The fraction of sp³-hybridized carbons (Fsp3) is 0.348. The molecule has 1 amide bonds. The molecule has 0 atom stereocenters. The number of nitrogens with one attached hydrogen (secondary N) is 1. The van der Waals surface area contributed by atoms with Crippen LogP contribution in [0.25, 0.3) is 0 Å². The molecule has 0 aromatic heterocycles. The summed E-state index contributed by atoms with van der Waals surface area (Å²) in [5, 5.41) is 2.91. The minimum absolute atomic E-state index is 0.184. The van der Waals surface area contributed by atoms with Crippen LogP contribution in [0, 0.1) is 0 Å². The summed E-state index contributed by atoms with van der Waals surface area (Å²) in [6.07, 6.45) is 4.66. The van der Waals surface area contributed by atoms with E-state index in [1.54, 1.807) is 18.2 Å². The third kappa shape index (κ3) is 7.57. The van der Waals surface area contributed by atoms with E-state index in [0.717, 1.165) is 17.7 Å². The van der Waals surface area contributed by atoms with Crippen LogP contribution in [0.3, 0.4) is 0 Å². The van der Waals surface area contributed by atoms with E-state index in [4.69, 9.17) is 9.47 Å². The summed E-state index contributed by atoms with van der Waals surface area (Å²) < 4.78 is 11.4. The van der Waals surface area contributed by atoms with Gasteiger partial charge in [-0.25, -0.2) is 0 Å². The molecule has 1 N–H and O–H groups in total. The number of rotatable bonds is 11. The summed E-state index contributed by atoms with van der Waals surface area (Å²) in [7, 11) is 0.